The average Bonchev–Trinajstić information content (AvgIpc) is 3.10. The number of aromatic nitrogens is 3. The predicted octanol–water partition coefficient (Wildman–Crippen LogP) is 3.07. The highest BCUT2D eigenvalue weighted by atomic mass is 32.2. The van der Waals surface area contributed by atoms with Crippen LogP contribution in [-0.4, -0.2) is 56.6 Å². The zero-order valence-electron chi connectivity index (χ0n) is 14.4. The number of morpholine rings is 1. The Kier molecular flexibility index (Phi) is 4.84. The zero-order valence-corrected chi connectivity index (χ0v) is 16.1. The van der Waals surface area contributed by atoms with Crippen LogP contribution in [0.25, 0.3) is 10.7 Å². The van der Waals surface area contributed by atoms with E-state index in [2.05, 4.69) is 26.2 Å². The molecule has 1 saturated carbocycles. The molecular formula is C17H22N4O2S2. The lowest BCUT2D eigenvalue weighted by Gasteiger charge is -2.35. The average molecular weight is 379 g/mol. The number of carbonyl (C=O) groups is 1. The van der Waals surface area contributed by atoms with E-state index in [-0.39, 0.29) is 18.1 Å². The molecule has 0 unspecified atom stereocenters. The van der Waals surface area contributed by atoms with Crippen molar-refractivity contribution in [2.45, 2.75) is 50.1 Å². The third kappa shape index (κ3) is 3.75. The number of thioether (sulfide) groups is 1. The van der Waals surface area contributed by atoms with Gasteiger partial charge in [-0.1, -0.05) is 17.8 Å². The zero-order chi connectivity index (χ0) is 17.4. The highest BCUT2D eigenvalue weighted by Gasteiger charge is 2.31. The summed E-state index contributed by atoms with van der Waals surface area (Å²) >= 11 is 3.17. The van der Waals surface area contributed by atoms with Gasteiger partial charge in [-0.3, -0.25) is 9.36 Å². The van der Waals surface area contributed by atoms with Crippen LogP contribution in [0.2, 0.25) is 0 Å². The van der Waals surface area contributed by atoms with Gasteiger partial charge in [0, 0.05) is 19.1 Å². The third-order valence-corrected chi connectivity index (χ3v) is 6.21. The first kappa shape index (κ1) is 17.1. The maximum atomic E-state index is 12.6. The molecule has 25 heavy (non-hydrogen) atoms. The molecule has 0 aromatic carbocycles. The summed E-state index contributed by atoms with van der Waals surface area (Å²) < 4.78 is 7.92. The van der Waals surface area contributed by atoms with Crippen molar-refractivity contribution in [2.24, 2.45) is 0 Å². The van der Waals surface area contributed by atoms with Gasteiger partial charge in [0.15, 0.2) is 11.0 Å². The monoisotopic (exact) mass is 378 g/mol. The van der Waals surface area contributed by atoms with Crippen molar-refractivity contribution in [2.75, 3.05) is 18.8 Å². The van der Waals surface area contributed by atoms with Gasteiger partial charge in [-0.25, -0.2) is 0 Å². The van der Waals surface area contributed by atoms with Crippen LogP contribution in [0.1, 0.15) is 32.7 Å². The molecule has 1 amide bonds. The number of carbonyl (C=O) groups excluding carboxylic acids is 1. The first-order valence-electron chi connectivity index (χ1n) is 8.66. The van der Waals surface area contributed by atoms with Crippen molar-refractivity contribution in [1.82, 2.24) is 19.7 Å². The molecule has 1 saturated heterocycles. The number of thiophene rings is 1. The molecule has 2 aromatic rings. The Morgan fingerprint density at radius 3 is 2.72 bits per heavy atom. The summed E-state index contributed by atoms with van der Waals surface area (Å²) in [5, 5.41) is 11.7. The van der Waals surface area contributed by atoms with Gasteiger partial charge in [-0.05, 0) is 38.1 Å². The van der Waals surface area contributed by atoms with Gasteiger partial charge in [-0.15, -0.1) is 21.5 Å². The van der Waals surface area contributed by atoms with Gasteiger partial charge in [0.25, 0.3) is 0 Å². The molecule has 0 bridgehead atoms. The van der Waals surface area contributed by atoms with Crippen molar-refractivity contribution in [3.63, 3.8) is 0 Å². The third-order valence-electron chi connectivity index (χ3n) is 4.42. The highest BCUT2D eigenvalue weighted by Crippen LogP contribution is 2.41. The second-order valence-corrected chi connectivity index (χ2v) is 8.62. The van der Waals surface area contributed by atoms with E-state index in [9.17, 15) is 4.79 Å². The SMILES string of the molecule is C[C@@H]1CN(C(=O)CSc2nnc(-c3cccs3)n2C2CC2)C[C@H](C)O1. The van der Waals surface area contributed by atoms with Gasteiger partial charge in [0.05, 0.1) is 22.8 Å². The molecule has 0 spiro atoms. The van der Waals surface area contributed by atoms with Gasteiger partial charge < -0.3 is 9.64 Å². The summed E-state index contributed by atoms with van der Waals surface area (Å²) in [7, 11) is 0. The summed E-state index contributed by atoms with van der Waals surface area (Å²) in [6.07, 6.45) is 2.52. The number of nitrogens with zero attached hydrogens (tertiary/aromatic N) is 4. The Labute approximate surface area is 155 Å². The van der Waals surface area contributed by atoms with Gasteiger partial charge in [0.2, 0.25) is 5.91 Å². The Bertz CT molecular complexity index is 732. The molecule has 0 N–H and O–H groups in total. The number of hydrogen-bond donors (Lipinski definition) is 0. The second kappa shape index (κ2) is 7.09. The van der Waals surface area contributed by atoms with Gasteiger partial charge in [-0.2, -0.15) is 0 Å². The fraction of sp³-hybridized carbons (Fsp3) is 0.588. The van der Waals surface area contributed by atoms with Crippen molar-refractivity contribution < 1.29 is 9.53 Å². The standard InChI is InChI=1S/C17H22N4O2S2/c1-11-8-20(9-12(2)23-11)15(22)10-25-17-19-18-16(14-4-3-7-24-14)21(17)13-5-6-13/h3-4,7,11-13H,5-6,8-10H2,1-2H3/t11-,12+. The first-order valence-corrected chi connectivity index (χ1v) is 10.5. The van der Waals surface area contributed by atoms with E-state index in [4.69, 9.17) is 4.74 Å². The summed E-state index contributed by atoms with van der Waals surface area (Å²) in [6.45, 7) is 5.36. The highest BCUT2D eigenvalue weighted by molar-refractivity contribution is 7.99. The normalized spacial score (nSPS) is 23.8. The Morgan fingerprint density at radius 2 is 2.08 bits per heavy atom. The van der Waals surface area contributed by atoms with Gasteiger partial charge >= 0.3 is 0 Å². The van der Waals surface area contributed by atoms with E-state index < -0.39 is 0 Å². The van der Waals surface area contributed by atoms with Crippen LogP contribution in [0.15, 0.2) is 22.7 Å². The molecule has 2 atom stereocenters. The van der Waals surface area contributed by atoms with Crippen molar-refractivity contribution in [3.05, 3.63) is 17.5 Å². The molecule has 4 rings (SSSR count). The van der Waals surface area contributed by atoms with Crippen LogP contribution < -0.4 is 0 Å². The van der Waals surface area contributed by atoms with E-state index in [0.29, 0.717) is 24.9 Å². The molecular weight excluding hydrogens is 356 g/mol. The molecule has 6 nitrogen and oxygen atoms in total. The minimum atomic E-state index is 0.0956. The minimum Gasteiger partial charge on any atom is -0.372 e. The lowest BCUT2D eigenvalue weighted by molar-refractivity contribution is -0.140. The van der Waals surface area contributed by atoms with E-state index in [1.165, 1.54) is 11.8 Å². The smallest absolute Gasteiger partial charge is 0.233 e. The van der Waals surface area contributed by atoms with E-state index >= 15 is 0 Å². The summed E-state index contributed by atoms with van der Waals surface area (Å²) in [6, 6.07) is 4.58. The van der Waals surface area contributed by atoms with Crippen LogP contribution in [-0.2, 0) is 9.53 Å². The number of ether oxygens (including phenoxy) is 1. The molecule has 134 valence electrons. The number of amides is 1. The second-order valence-electron chi connectivity index (χ2n) is 6.73. The lowest BCUT2D eigenvalue weighted by atomic mass is 10.2. The van der Waals surface area contributed by atoms with E-state index in [1.807, 2.05) is 24.8 Å². The fourth-order valence-corrected chi connectivity index (χ4v) is 4.82. The lowest BCUT2D eigenvalue weighted by Crippen LogP contribution is -2.48. The molecule has 2 fully saturated rings. The van der Waals surface area contributed by atoms with Crippen LogP contribution >= 0.6 is 23.1 Å². The molecule has 2 aliphatic rings. The van der Waals surface area contributed by atoms with E-state index in [0.717, 1.165) is 28.7 Å². The Balaban J connectivity index is 1.45. The van der Waals surface area contributed by atoms with Crippen LogP contribution in [0.5, 0.6) is 0 Å². The minimum absolute atomic E-state index is 0.0956. The number of rotatable bonds is 5. The van der Waals surface area contributed by atoms with E-state index in [1.54, 1.807) is 11.3 Å². The topological polar surface area (TPSA) is 60.2 Å². The molecule has 8 heteroatoms. The van der Waals surface area contributed by atoms with Crippen molar-refractivity contribution in [1.29, 1.82) is 0 Å². The quantitative estimate of drug-likeness (QED) is 0.749. The van der Waals surface area contributed by atoms with Crippen LogP contribution in [0.3, 0.4) is 0 Å². The molecule has 1 aliphatic carbocycles. The summed E-state index contributed by atoms with van der Waals surface area (Å²) in [5.74, 6) is 1.48. The number of hydrogen-bond acceptors (Lipinski definition) is 6. The fourth-order valence-electron chi connectivity index (χ4n) is 3.21. The maximum absolute atomic E-state index is 12.6. The molecule has 0 radical (unpaired) electrons. The van der Waals surface area contributed by atoms with Crippen LogP contribution in [0.4, 0.5) is 0 Å². The predicted molar refractivity (Wildman–Crippen MR) is 98.9 cm³/mol. The van der Waals surface area contributed by atoms with Gasteiger partial charge in [0.1, 0.15) is 0 Å². The maximum Gasteiger partial charge on any atom is 0.233 e. The summed E-state index contributed by atoms with van der Waals surface area (Å²) in [4.78, 5) is 15.6. The first-order chi connectivity index (χ1) is 12.1. The van der Waals surface area contributed by atoms with Crippen LogP contribution in [0, 0.1) is 0 Å². The Hall–Kier alpha value is -1.38. The largest absolute Gasteiger partial charge is 0.372 e. The molecule has 3 heterocycles. The van der Waals surface area contributed by atoms with Crippen molar-refractivity contribution >= 4 is 29.0 Å². The molecule has 1 aliphatic heterocycles. The summed E-state index contributed by atoms with van der Waals surface area (Å²) in [5.41, 5.74) is 0. The Morgan fingerprint density at radius 1 is 1.32 bits per heavy atom. The van der Waals surface area contributed by atoms with Crippen molar-refractivity contribution in [3.8, 4) is 10.7 Å². The molecule has 2 aromatic heterocycles.